The molecule has 0 aromatic heterocycles. The number of hydrogen-bond acceptors (Lipinski definition) is 2. The number of ether oxygens (including phenoxy) is 1. The van der Waals surface area contributed by atoms with Crippen LogP contribution in [0.1, 0.15) is 18.4 Å². The van der Waals surface area contributed by atoms with Crippen LogP contribution in [0.4, 0.5) is 0 Å². The van der Waals surface area contributed by atoms with Gasteiger partial charge in [0.25, 0.3) is 0 Å². The average Bonchev–Trinajstić information content (AvgIpc) is 2.84. The van der Waals surface area contributed by atoms with Crippen molar-refractivity contribution < 1.29 is 9.53 Å². The molecule has 1 N–H and O–H groups in total. The van der Waals surface area contributed by atoms with E-state index in [1.807, 2.05) is 0 Å². The van der Waals surface area contributed by atoms with Gasteiger partial charge in [-0.2, -0.15) is 0 Å². The Morgan fingerprint density at radius 1 is 1.39 bits per heavy atom. The highest BCUT2D eigenvalue weighted by atomic mass is 35.5. The lowest BCUT2D eigenvalue weighted by Crippen LogP contribution is -2.32. The fourth-order valence-electron chi connectivity index (χ4n) is 1.96. The second kappa shape index (κ2) is 6.41. The van der Waals surface area contributed by atoms with E-state index in [-0.39, 0.29) is 18.4 Å². The summed E-state index contributed by atoms with van der Waals surface area (Å²) in [7, 11) is 0. The van der Waals surface area contributed by atoms with Crippen molar-refractivity contribution in [1.29, 1.82) is 0 Å². The van der Waals surface area contributed by atoms with Crippen LogP contribution in [-0.2, 0) is 16.0 Å². The fourth-order valence-corrected chi connectivity index (χ4v) is 2.49. The molecule has 3 nitrogen and oxygen atoms in total. The summed E-state index contributed by atoms with van der Waals surface area (Å²) in [5.74, 6) is -0.0829. The van der Waals surface area contributed by atoms with Crippen LogP contribution in [0, 0.1) is 0 Å². The Hall–Kier alpha value is -0.770. The standard InChI is InChI=1S/C13H15Cl2NO2/c14-11-4-1-5-12(15)10(11)7-13(17)16-8-9-3-2-6-18-9/h1,4-5,9H,2-3,6-8H2,(H,16,17). The minimum atomic E-state index is -0.0829. The molecule has 1 aliphatic rings. The number of hydrogen-bond donors (Lipinski definition) is 1. The van der Waals surface area contributed by atoms with Crippen LogP contribution < -0.4 is 5.32 Å². The van der Waals surface area contributed by atoms with Crippen molar-refractivity contribution in [2.45, 2.75) is 25.4 Å². The molecule has 1 aromatic rings. The molecule has 98 valence electrons. The lowest BCUT2D eigenvalue weighted by atomic mass is 10.1. The summed E-state index contributed by atoms with van der Waals surface area (Å²) in [6.07, 6.45) is 2.42. The second-order valence-corrected chi connectivity index (χ2v) is 5.13. The third-order valence-electron chi connectivity index (χ3n) is 2.95. The van der Waals surface area contributed by atoms with Crippen LogP contribution in [0.3, 0.4) is 0 Å². The minimum absolute atomic E-state index is 0.0829. The van der Waals surface area contributed by atoms with E-state index in [1.165, 1.54) is 0 Å². The van der Waals surface area contributed by atoms with E-state index in [0.29, 0.717) is 22.2 Å². The van der Waals surface area contributed by atoms with E-state index in [1.54, 1.807) is 18.2 Å². The van der Waals surface area contributed by atoms with Crippen LogP contribution in [-0.4, -0.2) is 25.2 Å². The molecule has 0 saturated carbocycles. The molecular weight excluding hydrogens is 273 g/mol. The summed E-state index contributed by atoms with van der Waals surface area (Å²) in [6.45, 7) is 1.35. The van der Waals surface area contributed by atoms with Crippen LogP contribution in [0.2, 0.25) is 10.0 Å². The van der Waals surface area contributed by atoms with Gasteiger partial charge in [0, 0.05) is 23.2 Å². The van der Waals surface area contributed by atoms with E-state index in [2.05, 4.69) is 5.32 Å². The fraction of sp³-hybridized carbons (Fsp3) is 0.462. The Balaban J connectivity index is 1.86. The quantitative estimate of drug-likeness (QED) is 0.925. The van der Waals surface area contributed by atoms with Gasteiger partial charge in [0.05, 0.1) is 12.5 Å². The number of rotatable bonds is 4. The van der Waals surface area contributed by atoms with Crippen molar-refractivity contribution in [3.05, 3.63) is 33.8 Å². The zero-order valence-corrected chi connectivity index (χ0v) is 11.4. The summed E-state index contributed by atoms with van der Waals surface area (Å²) in [5.41, 5.74) is 0.672. The van der Waals surface area contributed by atoms with Gasteiger partial charge >= 0.3 is 0 Å². The van der Waals surface area contributed by atoms with Gasteiger partial charge in [0.2, 0.25) is 5.91 Å². The number of nitrogens with one attached hydrogen (secondary N) is 1. The van der Waals surface area contributed by atoms with Crippen molar-refractivity contribution in [3.63, 3.8) is 0 Å². The number of benzene rings is 1. The Morgan fingerprint density at radius 2 is 2.11 bits per heavy atom. The highest BCUT2D eigenvalue weighted by Gasteiger charge is 2.17. The first kappa shape index (κ1) is 13.7. The number of amides is 1. The lowest BCUT2D eigenvalue weighted by Gasteiger charge is -2.11. The average molecular weight is 288 g/mol. The maximum absolute atomic E-state index is 11.8. The molecule has 1 unspecified atom stereocenters. The van der Waals surface area contributed by atoms with Crippen molar-refractivity contribution in [3.8, 4) is 0 Å². The maximum atomic E-state index is 11.8. The molecule has 5 heteroatoms. The molecular formula is C13H15Cl2NO2. The van der Waals surface area contributed by atoms with Gasteiger partial charge in [0.1, 0.15) is 0 Å². The minimum Gasteiger partial charge on any atom is -0.376 e. The predicted octanol–water partition coefficient (Wildman–Crippen LogP) is 2.83. The Kier molecular flexibility index (Phi) is 4.87. The van der Waals surface area contributed by atoms with E-state index in [0.717, 1.165) is 19.4 Å². The first-order valence-corrected chi connectivity index (χ1v) is 6.73. The summed E-state index contributed by atoms with van der Waals surface area (Å²) < 4.78 is 5.43. The highest BCUT2D eigenvalue weighted by Crippen LogP contribution is 2.24. The van der Waals surface area contributed by atoms with Crippen molar-refractivity contribution in [2.24, 2.45) is 0 Å². The van der Waals surface area contributed by atoms with Gasteiger partial charge in [-0.25, -0.2) is 0 Å². The smallest absolute Gasteiger partial charge is 0.224 e. The molecule has 2 rings (SSSR count). The molecule has 18 heavy (non-hydrogen) atoms. The van der Waals surface area contributed by atoms with Crippen LogP contribution in [0.25, 0.3) is 0 Å². The molecule has 0 aliphatic carbocycles. The molecule has 0 radical (unpaired) electrons. The molecule has 1 saturated heterocycles. The monoisotopic (exact) mass is 287 g/mol. The Labute approximate surface area is 116 Å². The third kappa shape index (κ3) is 3.61. The van der Waals surface area contributed by atoms with E-state index < -0.39 is 0 Å². The molecule has 1 heterocycles. The van der Waals surface area contributed by atoms with Gasteiger partial charge in [0.15, 0.2) is 0 Å². The van der Waals surface area contributed by atoms with Crippen LogP contribution in [0.5, 0.6) is 0 Å². The molecule has 1 aliphatic heterocycles. The summed E-state index contributed by atoms with van der Waals surface area (Å²) in [4.78, 5) is 11.8. The van der Waals surface area contributed by atoms with Crippen LogP contribution >= 0.6 is 23.2 Å². The van der Waals surface area contributed by atoms with Gasteiger partial charge in [-0.15, -0.1) is 0 Å². The van der Waals surface area contributed by atoms with Crippen LogP contribution in [0.15, 0.2) is 18.2 Å². The highest BCUT2D eigenvalue weighted by molar-refractivity contribution is 6.36. The molecule has 1 amide bonds. The molecule has 0 bridgehead atoms. The zero-order valence-electron chi connectivity index (χ0n) is 9.92. The van der Waals surface area contributed by atoms with Gasteiger partial charge in [-0.05, 0) is 30.5 Å². The summed E-state index contributed by atoms with van der Waals surface area (Å²) in [6, 6.07) is 5.23. The first-order valence-electron chi connectivity index (χ1n) is 5.98. The topological polar surface area (TPSA) is 38.3 Å². The normalized spacial score (nSPS) is 18.9. The Bertz CT molecular complexity index is 411. The SMILES string of the molecule is O=C(Cc1c(Cl)cccc1Cl)NCC1CCCO1. The Morgan fingerprint density at radius 3 is 2.72 bits per heavy atom. The maximum Gasteiger partial charge on any atom is 0.224 e. The number of carbonyl (C=O) groups excluding carboxylic acids is 1. The van der Waals surface area contributed by atoms with Gasteiger partial charge < -0.3 is 10.1 Å². The second-order valence-electron chi connectivity index (χ2n) is 4.32. The summed E-state index contributed by atoms with van der Waals surface area (Å²) in [5, 5.41) is 3.89. The predicted molar refractivity (Wildman–Crippen MR) is 72.1 cm³/mol. The molecule has 1 aromatic carbocycles. The van der Waals surface area contributed by atoms with E-state index >= 15 is 0 Å². The third-order valence-corrected chi connectivity index (χ3v) is 3.66. The van der Waals surface area contributed by atoms with E-state index in [4.69, 9.17) is 27.9 Å². The first-order chi connectivity index (χ1) is 8.66. The largest absolute Gasteiger partial charge is 0.376 e. The lowest BCUT2D eigenvalue weighted by molar-refractivity contribution is -0.120. The van der Waals surface area contributed by atoms with Gasteiger partial charge in [-0.3, -0.25) is 4.79 Å². The zero-order chi connectivity index (χ0) is 13.0. The molecule has 1 fully saturated rings. The summed E-state index contributed by atoms with van der Waals surface area (Å²) >= 11 is 12.0. The molecule has 1 atom stereocenters. The van der Waals surface area contributed by atoms with Crippen molar-refractivity contribution in [1.82, 2.24) is 5.32 Å². The van der Waals surface area contributed by atoms with Crippen molar-refractivity contribution >= 4 is 29.1 Å². The number of carbonyl (C=O) groups is 1. The van der Waals surface area contributed by atoms with Crippen molar-refractivity contribution in [2.75, 3.05) is 13.2 Å². The van der Waals surface area contributed by atoms with E-state index in [9.17, 15) is 4.79 Å². The molecule has 0 spiro atoms. The number of halogens is 2. The van der Waals surface area contributed by atoms with Gasteiger partial charge in [-0.1, -0.05) is 29.3 Å².